The normalized spacial score (nSPS) is 26.6. The van der Waals surface area contributed by atoms with Gasteiger partial charge in [0.05, 0.1) is 10.9 Å². The van der Waals surface area contributed by atoms with Gasteiger partial charge < -0.3 is 9.64 Å². The summed E-state index contributed by atoms with van der Waals surface area (Å²) >= 11 is 0. The fourth-order valence-electron chi connectivity index (χ4n) is 7.13. The molecule has 2 aliphatic heterocycles. The third-order valence-corrected chi connectivity index (χ3v) is 14.1. The zero-order valence-electron chi connectivity index (χ0n) is 24.4. The van der Waals surface area contributed by atoms with E-state index in [0.717, 1.165) is 29.8 Å². The quantitative estimate of drug-likeness (QED) is 0.268. The molecule has 11 heteroatoms. The molecule has 2 fully saturated rings. The molecule has 1 amide bonds. The lowest BCUT2D eigenvalue weighted by Crippen LogP contribution is -2.53. The topological polar surface area (TPSA) is 80.8 Å². The second-order valence-corrected chi connectivity index (χ2v) is 17.1. The number of amides is 1. The minimum atomic E-state index is -4.12. The van der Waals surface area contributed by atoms with Crippen molar-refractivity contribution < 1.29 is 35.3 Å². The van der Waals surface area contributed by atoms with E-state index < -0.39 is 47.6 Å². The maximum absolute atomic E-state index is 14.6. The summed E-state index contributed by atoms with van der Waals surface area (Å²) in [7, 11) is -6.31. The van der Waals surface area contributed by atoms with Gasteiger partial charge in [-0.3, -0.25) is 9.00 Å². The minimum absolute atomic E-state index is 0.00717. The highest BCUT2D eigenvalue weighted by Crippen LogP contribution is 2.53. The van der Waals surface area contributed by atoms with Gasteiger partial charge in [-0.1, -0.05) is 6.07 Å². The van der Waals surface area contributed by atoms with Crippen LogP contribution in [0.4, 0.5) is 13.2 Å². The molecule has 0 N–H and O–H groups in total. The first-order chi connectivity index (χ1) is 20.8. The molecule has 0 saturated carbocycles. The molecule has 44 heavy (non-hydrogen) atoms. The number of carbonyl (C=O) groups excluding carboxylic acids is 1. The summed E-state index contributed by atoms with van der Waals surface area (Å²) in [6, 6.07) is 11.5. The van der Waals surface area contributed by atoms with Crippen LogP contribution in [0.25, 0.3) is 0 Å². The van der Waals surface area contributed by atoms with Gasteiger partial charge in [0.1, 0.15) is 22.9 Å². The van der Waals surface area contributed by atoms with Crippen molar-refractivity contribution in [1.82, 2.24) is 4.90 Å². The van der Waals surface area contributed by atoms with Crippen LogP contribution in [0.15, 0.2) is 59.5 Å². The van der Waals surface area contributed by atoms with Crippen LogP contribution in [0.3, 0.4) is 0 Å². The van der Waals surface area contributed by atoms with E-state index in [4.69, 9.17) is 4.74 Å². The van der Waals surface area contributed by atoms with Crippen LogP contribution in [0, 0.1) is 30.3 Å². The van der Waals surface area contributed by atoms with E-state index in [1.54, 1.807) is 30.0 Å². The Bertz CT molecular complexity index is 1830. The number of hydrogen-bond acceptors (Lipinski definition) is 5. The lowest BCUT2D eigenvalue weighted by Gasteiger charge is -2.43. The maximum Gasteiger partial charge on any atom is 0.226 e. The van der Waals surface area contributed by atoms with E-state index >= 15 is 0 Å². The van der Waals surface area contributed by atoms with Gasteiger partial charge in [-0.2, -0.15) is 0 Å². The van der Waals surface area contributed by atoms with E-state index in [0.29, 0.717) is 59.6 Å². The maximum atomic E-state index is 14.6. The summed E-state index contributed by atoms with van der Waals surface area (Å²) in [5.74, 6) is 2.08. The summed E-state index contributed by atoms with van der Waals surface area (Å²) in [6.45, 7) is 1.90. The predicted molar refractivity (Wildman–Crippen MR) is 163 cm³/mol. The Kier molecular flexibility index (Phi) is 7.85. The Morgan fingerprint density at radius 1 is 1.02 bits per heavy atom. The Balaban J connectivity index is 1.36. The van der Waals surface area contributed by atoms with Gasteiger partial charge in [-0.25, -0.2) is 21.6 Å². The second kappa shape index (κ2) is 11.2. The fraction of sp³-hybridized carbons (Fsp3) is 0.394. The molecule has 234 valence electrons. The van der Waals surface area contributed by atoms with Crippen molar-refractivity contribution in [3.63, 3.8) is 0 Å². The number of benzene rings is 3. The molecule has 0 aromatic heterocycles. The Morgan fingerprint density at radius 3 is 2.41 bits per heavy atom. The SMILES string of the molecule is C=S1(=O)CCC(C(=O)N2CC[C@@]3(S(=O)(=O)c4ccc(F)cc4)c4ccc(OCc5cc(F)c(F)cc5C)cc4CC[C@@H]23)CC1. The van der Waals surface area contributed by atoms with Crippen molar-refractivity contribution in [1.29, 1.82) is 0 Å². The first kappa shape index (κ1) is 30.7. The largest absolute Gasteiger partial charge is 0.489 e. The van der Waals surface area contributed by atoms with Crippen LogP contribution in [0.2, 0.25) is 0 Å². The minimum Gasteiger partial charge on any atom is -0.489 e. The lowest BCUT2D eigenvalue weighted by atomic mass is 9.78. The molecule has 3 aromatic rings. The van der Waals surface area contributed by atoms with E-state index in [1.807, 2.05) is 0 Å². The number of aryl methyl sites for hydroxylation is 2. The number of ether oxygens (including phenoxy) is 1. The van der Waals surface area contributed by atoms with Crippen LogP contribution in [0.5, 0.6) is 5.75 Å². The summed E-state index contributed by atoms with van der Waals surface area (Å²) < 4.78 is 87.3. The van der Waals surface area contributed by atoms with Gasteiger partial charge in [0, 0.05) is 24.0 Å². The van der Waals surface area contributed by atoms with Gasteiger partial charge >= 0.3 is 0 Å². The van der Waals surface area contributed by atoms with Gasteiger partial charge in [0.15, 0.2) is 21.5 Å². The van der Waals surface area contributed by atoms with E-state index in [1.165, 1.54) is 12.1 Å². The van der Waals surface area contributed by atoms with Crippen molar-refractivity contribution in [3.05, 3.63) is 94.3 Å². The zero-order valence-corrected chi connectivity index (χ0v) is 26.0. The molecule has 0 bridgehead atoms. The number of rotatable bonds is 6. The van der Waals surface area contributed by atoms with Crippen molar-refractivity contribution in [2.45, 2.75) is 61.3 Å². The van der Waals surface area contributed by atoms with Crippen molar-refractivity contribution in [3.8, 4) is 5.75 Å². The average molecular weight is 646 g/mol. The highest BCUT2D eigenvalue weighted by molar-refractivity contribution is 8.00. The van der Waals surface area contributed by atoms with E-state index in [-0.39, 0.29) is 36.3 Å². The number of fused-ring (bicyclic) bond motifs is 3. The standard InChI is InChI=1S/C33H34F3NO5S2/c1-21-17-29(35)30(36)19-24(21)20-42-26-6-9-28-23(18-26)3-10-31-33(28,44(40,41)27-7-4-25(34)5-8-27)13-14-37(31)32(38)22-11-15-43(2,39)16-12-22/h4-9,17-19,22,31H,2-3,10-16,20H2,1H3/t22?,31-,33-,43?/m1/s1. The number of carbonyl (C=O) groups is 1. The first-order valence-electron chi connectivity index (χ1n) is 14.7. The number of sulfone groups is 1. The predicted octanol–water partition coefficient (Wildman–Crippen LogP) is 5.33. The molecule has 2 atom stereocenters. The molecular weight excluding hydrogens is 611 g/mol. The molecule has 0 spiro atoms. The second-order valence-electron chi connectivity index (χ2n) is 12.1. The third-order valence-electron chi connectivity index (χ3n) is 9.54. The Hall–Kier alpha value is -3.31. The smallest absolute Gasteiger partial charge is 0.226 e. The Morgan fingerprint density at radius 2 is 1.70 bits per heavy atom. The van der Waals surface area contributed by atoms with Gasteiger partial charge in [-0.15, -0.1) is 0 Å². The fourth-order valence-corrected chi connectivity index (χ4v) is 11.1. The number of likely N-dealkylation sites (tertiary alicyclic amines) is 1. The van der Waals surface area contributed by atoms with Crippen LogP contribution in [-0.2, 0) is 41.9 Å². The van der Waals surface area contributed by atoms with Crippen molar-refractivity contribution in [2.24, 2.45) is 5.92 Å². The van der Waals surface area contributed by atoms with Gasteiger partial charge in [0.2, 0.25) is 5.91 Å². The summed E-state index contributed by atoms with van der Waals surface area (Å²) in [5.41, 5.74) is 2.36. The first-order valence-corrected chi connectivity index (χ1v) is 18.2. The molecule has 1 aliphatic carbocycles. The molecule has 2 saturated heterocycles. The van der Waals surface area contributed by atoms with E-state index in [2.05, 4.69) is 5.87 Å². The van der Waals surface area contributed by atoms with Crippen LogP contribution in [-0.4, -0.2) is 53.4 Å². The third kappa shape index (κ3) is 5.21. The molecule has 0 unspecified atom stereocenters. The number of nitrogens with zero attached hydrogens (tertiary/aromatic N) is 1. The summed E-state index contributed by atoms with van der Waals surface area (Å²) in [5, 5.41) is 0. The number of halogens is 3. The highest BCUT2D eigenvalue weighted by atomic mass is 32.2. The average Bonchev–Trinajstić information content (AvgIpc) is 3.40. The molecule has 3 aliphatic rings. The molecular formula is C33H34F3NO5S2. The van der Waals surface area contributed by atoms with Crippen LogP contribution >= 0.6 is 0 Å². The van der Waals surface area contributed by atoms with Crippen molar-refractivity contribution in [2.75, 3.05) is 18.1 Å². The lowest BCUT2D eigenvalue weighted by molar-refractivity contribution is -0.137. The van der Waals surface area contributed by atoms with Gasteiger partial charge in [0.25, 0.3) is 0 Å². The molecule has 2 heterocycles. The van der Waals surface area contributed by atoms with Crippen molar-refractivity contribution >= 4 is 31.1 Å². The molecule has 0 radical (unpaired) electrons. The summed E-state index contributed by atoms with van der Waals surface area (Å²) in [4.78, 5) is 15.6. The van der Waals surface area contributed by atoms with E-state index in [9.17, 15) is 30.6 Å². The summed E-state index contributed by atoms with van der Waals surface area (Å²) in [6.07, 6.45) is 1.96. The molecule has 6 rings (SSSR count). The zero-order chi connectivity index (χ0) is 31.4. The number of hydrogen-bond donors (Lipinski definition) is 0. The van der Waals surface area contributed by atoms with Gasteiger partial charge in [-0.05, 0) is 125 Å². The molecule has 3 aromatic carbocycles. The van der Waals surface area contributed by atoms with Crippen LogP contribution in [0.1, 0.15) is 47.9 Å². The highest BCUT2D eigenvalue weighted by Gasteiger charge is 2.61. The Labute approximate surface area is 256 Å². The van der Waals surface area contributed by atoms with Crippen LogP contribution < -0.4 is 4.74 Å². The molecule has 6 nitrogen and oxygen atoms in total. The monoisotopic (exact) mass is 645 g/mol.